The maximum absolute atomic E-state index is 5.34. The fraction of sp³-hybridized carbons (Fsp3) is 0.500. The minimum atomic E-state index is -0.0499. The molecule has 1 atom stereocenters. The van der Waals surface area contributed by atoms with Crippen LogP contribution in [0.1, 0.15) is 24.4 Å². The molecule has 2 rings (SSSR count). The van der Waals surface area contributed by atoms with Gasteiger partial charge < -0.3 is 10.1 Å². The summed E-state index contributed by atoms with van der Waals surface area (Å²) in [6, 6.07) is -0.0499. The van der Waals surface area contributed by atoms with Crippen molar-refractivity contribution in [3.63, 3.8) is 0 Å². The van der Waals surface area contributed by atoms with E-state index in [2.05, 4.69) is 20.0 Å². The van der Waals surface area contributed by atoms with E-state index in [1.54, 1.807) is 13.3 Å². The zero-order valence-corrected chi connectivity index (χ0v) is 10.9. The molecule has 2 aromatic rings. The highest BCUT2D eigenvalue weighted by atomic mass is 32.1. The number of aryl methyl sites for hydroxylation is 1. The number of nitrogens with one attached hydrogen (secondary N) is 1. The Bertz CT molecular complexity index is 446. The van der Waals surface area contributed by atoms with Gasteiger partial charge in [0.15, 0.2) is 5.75 Å². The monoisotopic (exact) mass is 253 g/mol. The maximum atomic E-state index is 5.34. The average molecular weight is 253 g/mol. The summed E-state index contributed by atoms with van der Waals surface area (Å²) < 4.78 is 11.1. The van der Waals surface area contributed by atoms with E-state index in [-0.39, 0.29) is 6.04 Å². The molecule has 2 aromatic heterocycles. The molecule has 0 radical (unpaired) electrons. The number of ether oxygens (including phenoxy) is 1. The van der Waals surface area contributed by atoms with Gasteiger partial charge in [0, 0.05) is 11.9 Å². The van der Waals surface area contributed by atoms with Crippen LogP contribution in [0.2, 0.25) is 0 Å². The predicted molar refractivity (Wildman–Crippen MR) is 65.3 cm³/mol. The molecule has 17 heavy (non-hydrogen) atoms. The highest BCUT2D eigenvalue weighted by Crippen LogP contribution is 2.29. The van der Waals surface area contributed by atoms with Gasteiger partial charge in [0.2, 0.25) is 0 Å². The second kappa shape index (κ2) is 5.24. The van der Waals surface area contributed by atoms with Gasteiger partial charge in [-0.15, -0.1) is 5.10 Å². The number of hydrogen-bond acceptors (Lipinski definition) is 6. The lowest BCUT2D eigenvalue weighted by molar-refractivity contribution is 0.400. The summed E-state index contributed by atoms with van der Waals surface area (Å²) in [5, 5.41) is 13.5. The van der Waals surface area contributed by atoms with E-state index in [1.807, 2.05) is 24.0 Å². The number of rotatable bonds is 5. The molecule has 2 heterocycles. The van der Waals surface area contributed by atoms with E-state index >= 15 is 0 Å². The van der Waals surface area contributed by atoms with E-state index in [1.165, 1.54) is 11.5 Å². The molecule has 92 valence electrons. The Labute approximate surface area is 104 Å². The van der Waals surface area contributed by atoms with Crippen LogP contribution in [0.4, 0.5) is 0 Å². The van der Waals surface area contributed by atoms with Crippen molar-refractivity contribution in [3.8, 4) is 5.75 Å². The van der Waals surface area contributed by atoms with Crippen molar-refractivity contribution in [2.75, 3.05) is 14.2 Å². The van der Waals surface area contributed by atoms with E-state index in [9.17, 15) is 0 Å². The SMILES string of the molecule is CCn1ncc(OC)c1C(NC)c1csnn1. The lowest BCUT2D eigenvalue weighted by Crippen LogP contribution is -2.22. The molecular formula is C10H15N5OS. The third-order valence-electron chi connectivity index (χ3n) is 2.60. The van der Waals surface area contributed by atoms with Gasteiger partial charge in [0.1, 0.15) is 5.69 Å². The van der Waals surface area contributed by atoms with Crippen LogP contribution in [0.15, 0.2) is 11.6 Å². The quantitative estimate of drug-likeness (QED) is 0.863. The first kappa shape index (κ1) is 12.0. The van der Waals surface area contributed by atoms with Crippen molar-refractivity contribution in [1.82, 2.24) is 24.7 Å². The summed E-state index contributed by atoms with van der Waals surface area (Å²) in [4.78, 5) is 0. The van der Waals surface area contributed by atoms with Crippen LogP contribution in [0.3, 0.4) is 0 Å². The molecule has 0 saturated carbocycles. The Morgan fingerprint density at radius 2 is 2.41 bits per heavy atom. The minimum absolute atomic E-state index is 0.0499. The van der Waals surface area contributed by atoms with Crippen LogP contribution in [0, 0.1) is 0 Å². The summed E-state index contributed by atoms with van der Waals surface area (Å²) in [5.41, 5.74) is 1.86. The minimum Gasteiger partial charge on any atom is -0.493 e. The van der Waals surface area contributed by atoms with Gasteiger partial charge >= 0.3 is 0 Å². The molecule has 0 aliphatic heterocycles. The molecule has 0 saturated heterocycles. The maximum Gasteiger partial charge on any atom is 0.161 e. The summed E-state index contributed by atoms with van der Waals surface area (Å²) in [6.07, 6.45) is 1.73. The predicted octanol–water partition coefficient (Wildman–Crippen LogP) is 1.07. The molecule has 0 aromatic carbocycles. The van der Waals surface area contributed by atoms with Crippen molar-refractivity contribution in [2.45, 2.75) is 19.5 Å². The standard InChI is InChI=1S/C10H15N5OS/c1-4-15-10(8(16-3)5-12-15)9(11-2)7-6-17-14-13-7/h5-6,9,11H,4H2,1-3H3. The molecular weight excluding hydrogens is 238 g/mol. The van der Waals surface area contributed by atoms with Gasteiger partial charge in [-0.05, 0) is 25.5 Å². The number of methoxy groups -OCH3 is 1. The summed E-state index contributed by atoms with van der Waals surface area (Å²) in [5.74, 6) is 0.763. The third-order valence-corrected chi connectivity index (χ3v) is 3.12. The zero-order chi connectivity index (χ0) is 12.3. The Hall–Kier alpha value is -1.47. The number of nitrogens with zero attached hydrogens (tertiary/aromatic N) is 4. The Morgan fingerprint density at radius 1 is 1.59 bits per heavy atom. The second-order valence-electron chi connectivity index (χ2n) is 3.47. The summed E-state index contributed by atoms with van der Waals surface area (Å²) in [7, 11) is 3.53. The van der Waals surface area contributed by atoms with Crippen molar-refractivity contribution in [3.05, 3.63) is 23.0 Å². The van der Waals surface area contributed by atoms with E-state index in [0.29, 0.717) is 0 Å². The van der Waals surface area contributed by atoms with Crippen molar-refractivity contribution in [2.24, 2.45) is 0 Å². The fourth-order valence-corrected chi connectivity index (χ4v) is 2.28. The molecule has 0 bridgehead atoms. The molecule has 0 aliphatic rings. The summed E-state index contributed by atoms with van der Waals surface area (Å²) in [6.45, 7) is 2.83. The Morgan fingerprint density at radius 3 is 2.94 bits per heavy atom. The van der Waals surface area contributed by atoms with E-state index in [0.717, 1.165) is 23.7 Å². The molecule has 6 nitrogen and oxygen atoms in total. The van der Waals surface area contributed by atoms with Gasteiger partial charge in [-0.25, -0.2) is 0 Å². The topological polar surface area (TPSA) is 64.9 Å². The molecule has 0 aliphatic carbocycles. The largest absolute Gasteiger partial charge is 0.493 e. The summed E-state index contributed by atoms with van der Waals surface area (Å²) >= 11 is 1.34. The molecule has 0 fully saturated rings. The molecule has 1 unspecified atom stereocenters. The molecule has 0 spiro atoms. The fourth-order valence-electron chi connectivity index (χ4n) is 1.80. The van der Waals surface area contributed by atoms with Crippen LogP contribution in [0.25, 0.3) is 0 Å². The van der Waals surface area contributed by atoms with Crippen LogP contribution >= 0.6 is 11.5 Å². The van der Waals surface area contributed by atoms with Crippen LogP contribution < -0.4 is 10.1 Å². The first-order valence-corrected chi connectivity index (χ1v) is 6.19. The number of aromatic nitrogens is 4. The van der Waals surface area contributed by atoms with Gasteiger partial charge in [0.05, 0.1) is 25.0 Å². The molecule has 1 N–H and O–H groups in total. The first-order valence-electron chi connectivity index (χ1n) is 5.35. The van der Waals surface area contributed by atoms with Gasteiger partial charge in [-0.1, -0.05) is 4.49 Å². The van der Waals surface area contributed by atoms with E-state index < -0.39 is 0 Å². The second-order valence-corrected chi connectivity index (χ2v) is 4.08. The van der Waals surface area contributed by atoms with Crippen molar-refractivity contribution < 1.29 is 4.74 Å². The van der Waals surface area contributed by atoms with Crippen molar-refractivity contribution >= 4 is 11.5 Å². The third kappa shape index (κ3) is 2.16. The number of hydrogen-bond donors (Lipinski definition) is 1. The van der Waals surface area contributed by atoms with Gasteiger partial charge in [-0.2, -0.15) is 5.10 Å². The van der Waals surface area contributed by atoms with Crippen LogP contribution in [-0.4, -0.2) is 33.5 Å². The lowest BCUT2D eigenvalue weighted by Gasteiger charge is -2.16. The first-order chi connectivity index (χ1) is 8.31. The highest BCUT2D eigenvalue weighted by molar-refractivity contribution is 7.03. The highest BCUT2D eigenvalue weighted by Gasteiger charge is 2.23. The molecule has 7 heteroatoms. The van der Waals surface area contributed by atoms with Gasteiger partial charge in [-0.3, -0.25) is 4.68 Å². The van der Waals surface area contributed by atoms with Crippen LogP contribution in [0.5, 0.6) is 5.75 Å². The van der Waals surface area contributed by atoms with Crippen LogP contribution in [-0.2, 0) is 6.54 Å². The van der Waals surface area contributed by atoms with Crippen molar-refractivity contribution in [1.29, 1.82) is 0 Å². The smallest absolute Gasteiger partial charge is 0.161 e. The van der Waals surface area contributed by atoms with Gasteiger partial charge in [0.25, 0.3) is 0 Å². The lowest BCUT2D eigenvalue weighted by atomic mass is 10.1. The zero-order valence-electron chi connectivity index (χ0n) is 10.0. The Kier molecular flexibility index (Phi) is 3.70. The normalized spacial score (nSPS) is 12.6. The van der Waals surface area contributed by atoms with E-state index in [4.69, 9.17) is 4.74 Å². The molecule has 0 amide bonds. The Balaban J connectivity index is 2.46. The average Bonchev–Trinajstić information content (AvgIpc) is 2.99.